The lowest BCUT2D eigenvalue weighted by Gasteiger charge is -2.26. The van der Waals surface area contributed by atoms with E-state index in [0.29, 0.717) is 5.56 Å². The van der Waals surface area contributed by atoms with E-state index in [2.05, 4.69) is 42.7 Å². The Morgan fingerprint density at radius 3 is 2.52 bits per heavy atom. The van der Waals surface area contributed by atoms with Crippen LogP contribution in [0.4, 0.5) is 0 Å². The molecule has 1 saturated heterocycles. The number of imide groups is 1. The van der Waals surface area contributed by atoms with Crippen LogP contribution in [0.15, 0.2) is 48.7 Å². The van der Waals surface area contributed by atoms with Crippen molar-refractivity contribution in [2.75, 3.05) is 7.05 Å². The summed E-state index contributed by atoms with van der Waals surface area (Å²) >= 11 is 0. The number of carbonyl (C=O) groups excluding carboxylic acids is 3. The van der Waals surface area contributed by atoms with Gasteiger partial charge in [0.1, 0.15) is 0 Å². The van der Waals surface area contributed by atoms with Crippen LogP contribution < -0.4 is 10.6 Å². The van der Waals surface area contributed by atoms with Gasteiger partial charge in [0.05, 0.1) is 12.2 Å². The van der Waals surface area contributed by atoms with E-state index in [4.69, 9.17) is 0 Å². The molecule has 2 heterocycles. The molecule has 0 saturated carbocycles. The molecule has 2 aliphatic rings. The fraction of sp³-hybridized carbons (Fsp3) is 0.292. The summed E-state index contributed by atoms with van der Waals surface area (Å²) in [6.07, 6.45) is 2.04. The van der Waals surface area contributed by atoms with Crippen molar-refractivity contribution in [2.45, 2.75) is 39.5 Å². The molecule has 0 bridgehead atoms. The molecule has 160 valence electrons. The van der Waals surface area contributed by atoms with Crippen molar-refractivity contribution in [3.63, 3.8) is 0 Å². The molecule has 1 fully saturated rings. The number of carbonyl (C=O) groups is 3. The van der Waals surface area contributed by atoms with Gasteiger partial charge in [0.2, 0.25) is 11.8 Å². The van der Waals surface area contributed by atoms with Crippen molar-refractivity contribution < 1.29 is 14.4 Å². The average Bonchev–Trinajstić information content (AvgIpc) is 3.27. The van der Waals surface area contributed by atoms with Crippen molar-refractivity contribution in [1.82, 2.24) is 20.4 Å². The number of nitrogens with zero attached hydrogens (tertiary/aromatic N) is 2. The van der Waals surface area contributed by atoms with Gasteiger partial charge in [0.25, 0.3) is 5.91 Å². The van der Waals surface area contributed by atoms with E-state index in [9.17, 15) is 14.4 Å². The summed E-state index contributed by atoms with van der Waals surface area (Å²) in [5.74, 6) is -0.567. The normalized spacial score (nSPS) is 18.3. The van der Waals surface area contributed by atoms with E-state index >= 15 is 0 Å². The van der Waals surface area contributed by atoms with Crippen LogP contribution >= 0.6 is 0 Å². The summed E-state index contributed by atoms with van der Waals surface area (Å²) < 4.78 is 0. The second kappa shape index (κ2) is 8.26. The Hall–Kier alpha value is -3.61. The van der Waals surface area contributed by atoms with E-state index in [-0.39, 0.29) is 43.4 Å². The maximum absolute atomic E-state index is 12.9. The standard InChI is InChI=1S/C24H26N4O3/c1-15-7-8-18(11-16(15)2)20-13-25-24(27(20)3)26-23(31)19-6-4-5-17(12-19)14-28-21(29)9-10-22(28)30/h4-8,11-13,24-25H,9-10,14H2,1-3H3,(H,26,31). The van der Waals surface area contributed by atoms with Crippen LogP contribution in [0.25, 0.3) is 5.70 Å². The number of hydrogen-bond donors (Lipinski definition) is 2. The molecule has 1 unspecified atom stereocenters. The number of amides is 3. The predicted octanol–water partition coefficient (Wildman–Crippen LogP) is 2.50. The highest BCUT2D eigenvalue weighted by Crippen LogP contribution is 2.24. The Kier molecular flexibility index (Phi) is 5.50. The molecule has 2 aromatic rings. The van der Waals surface area contributed by atoms with Gasteiger partial charge in [0, 0.05) is 31.7 Å². The molecule has 2 aliphatic heterocycles. The number of benzene rings is 2. The number of aryl methyl sites for hydroxylation is 2. The van der Waals surface area contributed by atoms with Crippen LogP contribution in [0, 0.1) is 13.8 Å². The van der Waals surface area contributed by atoms with Crippen molar-refractivity contribution in [3.8, 4) is 0 Å². The van der Waals surface area contributed by atoms with Crippen LogP contribution in [0.1, 0.15) is 45.5 Å². The molecule has 2 N–H and O–H groups in total. The molecule has 0 spiro atoms. The molecule has 0 aromatic heterocycles. The number of rotatable bonds is 5. The van der Waals surface area contributed by atoms with Gasteiger partial charge in [0.15, 0.2) is 6.29 Å². The van der Waals surface area contributed by atoms with Gasteiger partial charge in [-0.1, -0.05) is 24.3 Å². The molecule has 7 heteroatoms. The number of likely N-dealkylation sites (tertiary alicyclic amines) is 1. The van der Waals surface area contributed by atoms with E-state index in [0.717, 1.165) is 16.8 Å². The Morgan fingerprint density at radius 1 is 1.06 bits per heavy atom. The fourth-order valence-electron chi connectivity index (χ4n) is 3.84. The van der Waals surface area contributed by atoms with Crippen LogP contribution in [0.2, 0.25) is 0 Å². The van der Waals surface area contributed by atoms with Crippen molar-refractivity contribution in [1.29, 1.82) is 0 Å². The second-order valence-electron chi connectivity index (χ2n) is 8.06. The number of nitrogens with one attached hydrogen (secondary N) is 2. The van der Waals surface area contributed by atoms with Crippen molar-refractivity contribution >= 4 is 23.4 Å². The van der Waals surface area contributed by atoms with E-state index < -0.39 is 0 Å². The highest BCUT2D eigenvalue weighted by Gasteiger charge is 2.29. The molecule has 1 atom stereocenters. The lowest BCUT2D eigenvalue weighted by atomic mass is 10.0. The molecule has 31 heavy (non-hydrogen) atoms. The molecule has 7 nitrogen and oxygen atoms in total. The minimum Gasteiger partial charge on any atom is -0.353 e. The molecule has 0 aliphatic carbocycles. The summed E-state index contributed by atoms with van der Waals surface area (Å²) in [5.41, 5.74) is 5.75. The van der Waals surface area contributed by atoms with Gasteiger partial charge in [-0.05, 0) is 54.3 Å². The third kappa shape index (κ3) is 4.17. The molecular formula is C24H26N4O3. The molecule has 4 rings (SSSR count). The largest absolute Gasteiger partial charge is 0.353 e. The third-order valence-electron chi connectivity index (χ3n) is 5.90. The van der Waals surface area contributed by atoms with Crippen molar-refractivity contribution in [3.05, 3.63) is 76.5 Å². The van der Waals surface area contributed by atoms with Crippen LogP contribution in [0.5, 0.6) is 0 Å². The topological polar surface area (TPSA) is 81.7 Å². The number of hydrogen-bond acceptors (Lipinski definition) is 5. The van der Waals surface area contributed by atoms with Gasteiger partial charge >= 0.3 is 0 Å². The Labute approximate surface area is 181 Å². The Bertz CT molecular complexity index is 1080. The van der Waals surface area contributed by atoms with Crippen LogP contribution in [0.3, 0.4) is 0 Å². The van der Waals surface area contributed by atoms with E-state index in [1.54, 1.807) is 18.2 Å². The first-order chi connectivity index (χ1) is 14.8. The second-order valence-corrected chi connectivity index (χ2v) is 8.06. The Balaban J connectivity index is 1.42. The zero-order chi connectivity index (χ0) is 22.1. The Morgan fingerprint density at radius 2 is 1.81 bits per heavy atom. The summed E-state index contributed by atoms with van der Waals surface area (Å²) in [5, 5.41) is 6.19. The lowest BCUT2D eigenvalue weighted by molar-refractivity contribution is -0.139. The SMILES string of the molecule is Cc1ccc(C2=CNC(NC(=O)c3cccc(CN4C(=O)CCC4=O)c3)N2C)cc1C. The van der Waals surface area contributed by atoms with Crippen LogP contribution in [-0.2, 0) is 16.1 Å². The summed E-state index contributed by atoms with van der Waals surface area (Å²) in [6, 6.07) is 13.3. The van der Waals surface area contributed by atoms with Crippen LogP contribution in [-0.4, -0.2) is 40.9 Å². The molecule has 3 amide bonds. The van der Waals surface area contributed by atoms with E-state index in [1.165, 1.54) is 16.0 Å². The highest BCUT2D eigenvalue weighted by molar-refractivity contribution is 6.02. The summed E-state index contributed by atoms with van der Waals surface area (Å²) in [6.45, 7) is 4.35. The smallest absolute Gasteiger partial charge is 0.254 e. The van der Waals surface area contributed by atoms with E-state index in [1.807, 2.05) is 24.2 Å². The zero-order valence-corrected chi connectivity index (χ0v) is 17.9. The van der Waals surface area contributed by atoms with Gasteiger partial charge in [-0.2, -0.15) is 0 Å². The van der Waals surface area contributed by atoms with Crippen molar-refractivity contribution in [2.24, 2.45) is 0 Å². The highest BCUT2D eigenvalue weighted by atomic mass is 16.2. The van der Waals surface area contributed by atoms with Gasteiger partial charge < -0.3 is 15.5 Å². The maximum Gasteiger partial charge on any atom is 0.254 e. The van der Waals surface area contributed by atoms with Gasteiger partial charge in [-0.25, -0.2) is 0 Å². The molecular weight excluding hydrogens is 392 g/mol. The molecule has 2 aromatic carbocycles. The minimum atomic E-state index is -0.380. The predicted molar refractivity (Wildman–Crippen MR) is 117 cm³/mol. The van der Waals surface area contributed by atoms with Gasteiger partial charge in [-0.3, -0.25) is 19.3 Å². The minimum absolute atomic E-state index is 0.165. The molecule has 0 radical (unpaired) electrons. The maximum atomic E-state index is 12.9. The average molecular weight is 418 g/mol. The lowest BCUT2D eigenvalue weighted by Crippen LogP contribution is -2.49. The summed E-state index contributed by atoms with van der Waals surface area (Å²) in [4.78, 5) is 39.8. The third-order valence-corrected chi connectivity index (χ3v) is 5.90. The zero-order valence-electron chi connectivity index (χ0n) is 17.9. The fourth-order valence-corrected chi connectivity index (χ4v) is 3.84. The first kappa shape index (κ1) is 20.7. The summed E-state index contributed by atoms with van der Waals surface area (Å²) in [7, 11) is 1.92. The first-order valence-corrected chi connectivity index (χ1v) is 10.3. The quantitative estimate of drug-likeness (QED) is 0.730. The van der Waals surface area contributed by atoms with Gasteiger partial charge in [-0.15, -0.1) is 0 Å². The monoisotopic (exact) mass is 418 g/mol. The first-order valence-electron chi connectivity index (χ1n) is 10.3.